The van der Waals surface area contributed by atoms with E-state index in [1.165, 1.54) is 6.07 Å². The molecule has 0 fully saturated rings. The van der Waals surface area contributed by atoms with Crippen LogP contribution < -0.4 is 11.1 Å². The lowest BCUT2D eigenvalue weighted by Gasteiger charge is -2.19. The summed E-state index contributed by atoms with van der Waals surface area (Å²) in [5.41, 5.74) is 7.85. The molecule has 5 heteroatoms. The van der Waals surface area contributed by atoms with E-state index in [0.717, 1.165) is 15.7 Å². The first kappa shape index (κ1) is 14.9. The molecule has 3 N–H and O–H groups in total. The summed E-state index contributed by atoms with van der Waals surface area (Å²) in [7, 11) is 0. The van der Waals surface area contributed by atoms with Crippen LogP contribution in [-0.4, -0.2) is 4.99 Å². The van der Waals surface area contributed by atoms with Gasteiger partial charge in [-0.05, 0) is 41.1 Å². The van der Waals surface area contributed by atoms with Crippen molar-refractivity contribution < 1.29 is 4.39 Å². The smallest absolute Gasteiger partial charge is 0.128 e. The molecule has 1 atom stereocenters. The second-order valence-electron chi connectivity index (χ2n) is 4.41. The Morgan fingerprint density at radius 2 is 1.95 bits per heavy atom. The molecule has 20 heavy (non-hydrogen) atoms. The Hall–Kier alpha value is -1.46. The molecule has 0 heterocycles. The van der Waals surface area contributed by atoms with Crippen molar-refractivity contribution >= 4 is 38.8 Å². The fraction of sp³-hybridized carbons (Fsp3) is 0.133. The summed E-state index contributed by atoms with van der Waals surface area (Å²) in [6.07, 6.45) is 0. The maximum atomic E-state index is 13.8. The van der Waals surface area contributed by atoms with Gasteiger partial charge in [0, 0.05) is 21.3 Å². The summed E-state index contributed by atoms with van der Waals surface area (Å²) in [6.45, 7) is 1.89. The highest BCUT2D eigenvalue weighted by Crippen LogP contribution is 2.28. The number of anilines is 1. The lowest BCUT2D eigenvalue weighted by atomic mass is 10.1. The highest BCUT2D eigenvalue weighted by molar-refractivity contribution is 9.10. The zero-order chi connectivity index (χ0) is 14.7. The summed E-state index contributed by atoms with van der Waals surface area (Å²) >= 11 is 8.49. The molecule has 0 saturated heterocycles. The topological polar surface area (TPSA) is 38.0 Å². The molecule has 0 aliphatic heterocycles. The molecule has 1 unspecified atom stereocenters. The van der Waals surface area contributed by atoms with E-state index in [4.69, 9.17) is 18.0 Å². The fourth-order valence-electron chi connectivity index (χ4n) is 2.03. The average Bonchev–Trinajstić information content (AvgIpc) is 2.38. The molecule has 0 radical (unpaired) electrons. The lowest BCUT2D eigenvalue weighted by molar-refractivity contribution is 0.600. The van der Waals surface area contributed by atoms with Crippen LogP contribution in [0.1, 0.15) is 24.1 Å². The molecule has 0 amide bonds. The normalized spacial score (nSPS) is 11.9. The van der Waals surface area contributed by atoms with Gasteiger partial charge in [0.25, 0.3) is 0 Å². The van der Waals surface area contributed by atoms with Crippen molar-refractivity contribution in [1.29, 1.82) is 0 Å². The number of halogens is 2. The molecule has 0 aliphatic rings. The van der Waals surface area contributed by atoms with Crippen molar-refractivity contribution in [1.82, 2.24) is 0 Å². The minimum absolute atomic E-state index is 0.196. The maximum absolute atomic E-state index is 13.8. The lowest BCUT2D eigenvalue weighted by Crippen LogP contribution is -2.16. The van der Waals surface area contributed by atoms with Gasteiger partial charge in [-0.25, -0.2) is 4.39 Å². The molecular weight excluding hydrogens is 339 g/mol. The van der Waals surface area contributed by atoms with Gasteiger partial charge in [-0.2, -0.15) is 0 Å². The van der Waals surface area contributed by atoms with E-state index in [2.05, 4.69) is 21.2 Å². The van der Waals surface area contributed by atoms with Gasteiger partial charge in [-0.3, -0.25) is 0 Å². The van der Waals surface area contributed by atoms with Gasteiger partial charge in [0.2, 0.25) is 0 Å². The van der Waals surface area contributed by atoms with Gasteiger partial charge >= 0.3 is 0 Å². The van der Waals surface area contributed by atoms with Gasteiger partial charge < -0.3 is 11.1 Å². The van der Waals surface area contributed by atoms with E-state index < -0.39 is 0 Å². The second kappa shape index (κ2) is 6.33. The van der Waals surface area contributed by atoms with Gasteiger partial charge in [0.1, 0.15) is 10.8 Å². The number of hydrogen-bond donors (Lipinski definition) is 2. The van der Waals surface area contributed by atoms with Crippen LogP contribution in [0.2, 0.25) is 0 Å². The molecule has 2 nitrogen and oxygen atoms in total. The van der Waals surface area contributed by atoms with Crippen LogP contribution in [0.3, 0.4) is 0 Å². The zero-order valence-corrected chi connectivity index (χ0v) is 13.3. The first-order valence-electron chi connectivity index (χ1n) is 6.10. The van der Waals surface area contributed by atoms with Gasteiger partial charge in [-0.15, -0.1) is 0 Å². The Labute approximate surface area is 131 Å². The van der Waals surface area contributed by atoms with Crippen LogP contribution in [0, 0.1) is 5.82 Å². The number of benzene rings is 2. The third kappa shape index (κ3) is 3.16. The number of nitrogens with two attached hydrogens (primary N) is 1. The largest absolute Gasteiger partial charge is 0.389 e. The van der Waals surface area contributed by atoms with Crippen LogP contribution in [0.25, 0.3) is 0 Å². The standard InChI is InChI=1S/C15H14BrFN2S/c1-9(10-5-2-3-7-12(10)17)19-13-8-4-6-11(16)14(13)15(18)20/h2-9,19H,1H3,(H2,18,20). The molecule has 2 aromatic carbocycles. The van der Waals surface area contributed by atoms with E-state index in [-0.39, 0.29) is 11.9 Å². The molecule has 104 valence electrons. The van der Waals surface area contributed by atoms with Gasteiger partial charge in [0.15, 0.2) is 0 Å². The molecule has 0 bridgehead atoms. The van der Waals surface area contributed by atoms with Crippen LogP contribution in [-0.2, 0) is 0 Å². The second-order valence-corrected chi connectivity index (χ2v) is 5.71. The van der Waals surface area contributed by atoms with E-state index in [1.54, 1.807) is 12.1 Å². The van der Waals surface area contributed by atoms with Crippen molar-refractivity contribution in [3.8, 4) is 0 Å². The van der Waals surface area contributed by atoms with E-state index in [0.29, 0.717) is 10.6 Å². The molecule has 2 aromatic rings. The van der Waals surface area contributed by atoms with Gasteiger partial charge in [-0.1, -0.05) is 36.5 Å². The Bertz CT molecular complexity index is 646. The zero-order valence-electron chi connectivity index (χ0n) is 10.9. The maximum Gasteiger partial charge on any atom is 0.128 e. The molecule has 2 rings (SSSR count). The number of thiocarbonyl (C=S) groups is 1. The highest BCUT2D eigenvalue weighted by Gasteiger charge is 2.14. The molecule has 0 aliphatic carbocycles. The summed E-state index contributed by atoms with van der Waals surface area (Å²) < 4.78 is 14.6. The number of nitrogens with one attached hydrogen (secondary N) is 1. The van der Waals surface area contributed by atoms with Crippen LogP contribution in [0.4, 0.5) is 10.1 Å². The van der Waals surface area contributed by atoms with Crippen LogP contribution in [0.5, 0.6) is 0 Å². The van der Waals surface area contributed by atoms with Gasteiger partial charge in [0.05, 0.1) is 6.04 Å². The fourth-order valence-corrected chi connectivity index (χ4v) is 2.96. The van der Waals surface area contributed by atoms with Crippen molar-refractivity contribution in [2.24, 2.45) is 5.73 Å². The van der Waals surface area contributed by atoms with Crippen LogP contribution in [0.15, 0.2) is 46.9 Å². The third-order valence-electron chi connectivity index (χ3n) is 3.00. The summed E-state index contributed by atoms with van der Waals surface area (Å²) in [5, 5.41) is 3.25. The number of hydrogen-bond acceptors (Lipinski definition) is 2. The Balaban J connectivity index is 2.33. The Kier molecular flexibility index (Phi) is 4.73. The summed E-state index contributed by atoms with van der Waals surface area (Å²) in [4.78, 5) is 0.292. The van der Waals surface area contributed by atoms with Crippen molar-refractivity contribution in [3.63, 3.8) is 0 Å². The quantitative estimate of drug-likeness (QED) is 0.801. The molecular formula is C15H14BrFN2S. The van der Waals surface area contributed by atoms with Crippen molar-refractivity contribution in [2.75, 3.05) is 5.32 Å². The minimum Gasteiger partial charge on any atom is -0.389 e. The van der Waals surface area contributed by atoms with E-state index >= 15 is 0 Å². The van der Waals surface area contributed by atoms with Crippen LogP contribution >= 0.6 is 28.1 Å². The molecule has 0 aromatic heterocycles. The average molecular weight is 353 g/mol. The first-order chi connectivity index (χ1) is 9.50. The minimum atomic E-state index is -0.237. The van der Waals surface area contributed by atoms with Crippen molar-refractivity contribution in [3.05, 3.63) is 63.9 Å². The first-order valence-corrected chi connectivity index (χ1v) is 7.30. The highest BCUT2D eigenvalue weighted by atomic mass is 79.9. The monoisotopic (exact) mass is 352 g/mol. The third-order valence-corrected chi connectivity index (χ3v) is 3.87. The van der Waals surface area contributed by atoms with Crippen molar-refractivity contribution in [2.45, 2.75) is 13.0 Å². The summed E-state index contributed by atoms with van der Waals surface area (Å²) in [5.74, 6) is -0.237. The molecule has 0 spiro atoms. The summed E-state index contributed by atoms with van der Waals surface area (Å²) in [6, 6.07) is 12.1. The predicted octanol–water partition coefficient (Wildman–Crippen LogP) is 4.40. The number of rotatable bonds is 4. The molecule has 0 saturated carbocycles. The Morgan fingerprint density at radius 3 is 2.60 bits per heavy atom. The predicted molar refractivity (Wildman–Crippen MR) is 88.5 cm³/mol. The Morgan fingerprint density at radius 1 is 1.25 bits per heavy atom. The van der Waals surface area contributed by atoms with E-state index in [1.807, 2.05) is 31.2 Å². The SMILES string of the molecule is CC(Nc1cccc(Br)c1C(N)=S)c1ccccc1F. The van der Waals surface area contributed by atoms with E-state index in [9.17, 15) is 4.39 Å².